The SMILES string of the molecule is COc1cc2c(c(O)c1O)c(=O)oc1cc(O[C@@H]3O[C@H](CO)[C@@H](O)[C@H](O)[C@H]3O)cc(C)c12. The lowest BCUT2D eigenvalue weighted by molar-refractivity contribution is -0.277. The minimum atomic E-state index is -1.61. The van der Waals surface area contributed by atoms with Crippen LogP contribution in [0, 0.1) is 6.92 Å². The predicted octanol–water partition coefficient (Wildman–Crippen LogP) is -0.147. The minimum absolute atomic E-state index is 0.0389. The second-order valence-corrected chi connectivity index (χ2v) is 7.52. The van der Waals surface area contributed by atoms with Gasteiger partial charge in [0.05, 0.1) is 13.7 Å². The normalized spacial score (nSPS) is 25.9. The fourth-order valence-electron chi connectivity index (χ4n) is 3.86. The molecule has 32 heavy (non-hydrogen) atoms. The molecule has 0 unspecified atom stereocenters. The zero-order chi connectivity index (χ0) is 23.3. The lowest BCUT2D eigenvalue weighted by Crippen LogP contribution is -2.60. The van der Waals surface area contributed by atoms with Gasteiger partial charge in [0.2, 0.25) is 12.0 Å². The van der Waals surface area contributed by atoms with Crippen LogP contribution >= 0.6 is 0 Å². The summed E-state index contributed by atoms with van der Waals surface area (Å²) < 4.78 is 21.3. The Labute approximate surface area is 180 Å². The number of aromatic hydroxyl groups is 2. The van der Waals surface area contributed by atoms with E-state index in [1.54, 1.807) is 13.0 Å². The Bertz CT molecular complexity index is 1230. The number of aliphatic hydroxyl groups excluding tert-OH is 4. The standard InChI is InChI=1S/C21H22O11/c1-7-3-8(30-21-19(27)18(26)16(24)12(6-22)32-21)4-10-13(7)9-5-11(29-2)15(23)17(25)14(9)20(28)31-10/h3-5,12,16,18-19,21-27H,6H2,1-2H3/t12-,16-,18+,19-,21-/m1/s1. The van der Waals surface area contributed by atoms with Crippen LogP contribution in [0.25, 0.3) is 21.7 Å². The zero-order valence-corrected chi connectivity index (χ0v) is 17.1. The van der Waals surface area contributed by atoms with Crippen LogP contribution in [0.5, 0.6) is 23.0 Å². The lowest BCUT2D eigenvalue weighted by Gasteiger charge is -2.39. The first kappa shape index (κ1) is 22.1. The molecule has 11 heteroatoms. The Kier molecular flexibility index (Phi) is 5.61. The van der Waals surface area contributed by atoms with E-state index in [1.165, 1.54) is 19.2 Å². The smallest absolute Gasteiger partial charge is 0.348 e. The fraction of sp³-hybridized carbons (Fsp3) is 0.381. The molecule has 2 aromatic carbocycles. The Morgan fingerprint density at radius 2 is 1.72 bits per heavy atom. The molecule has 2 heterocycles. The molecule has 1 fully saturated rings. The van der Waals surface area contributed by atoms with Crippen molar-refractivity contribution in [3.63, 3.8) is 0 Å². The van der Waals surface area contributed by atoms with Crippen molar-refractivity contribution in [1.29, 1.82) is 0 Å². The van der Waals surface area contributed by atoms with E-state index in [9.17, 15) is 35.4 Å². The van der Waals surface area contributed by atoms with Gasteiger partial charge in [0.15, 0.2) is 11.5 Å². The Hall–Kier alpha value is -3.09. The highest BCUT2D eigenvalue weighted by atomic mass is 16.7. The summed E-state index contributed by atoms with van der Waals surface area (Å²) in [4.78, 5) is 12.5. The van der Waals surface area contributed by atoms with Crippen molar-refractivity contribution in [2.75, 3.05) is 13.7 Å². The van der Waals surface area contributed by atoms with Crippen molar-refractivity contribution in [3.05, 3.63) is 34.2 Å². The molecule has 3 aromatic rings. The first-order valence-corrected chi connectivity index (χ1v) is 9.65. The summed E-state index contributed by atoms with van der Waals surface area (Å²) in [7, 11) is 1.30. The van der Waals surface area contributed by atoms with E-state index >= 15 is 0 Å². The number of hydrogen-bond acceptors (Lipinski definition) is 11. The van der Waals surface area contributed by atoms with Crippen LogP contribution in [0.15, 0.2) is 27.4 Å². The van der Waals surface area contributed by atoms with E-state index in [2.05, 4.69) is 0 Å². The van der Waals surface area contributed by atoms with Crippen molar-refractivity contribution in [1.82, 2.24) is 0 Å². The van der Waals surface area contributed by atoms with E-state index in [4.69, 9.17) is 18.6 Å². The van der Waals surface area contributed by atoms with Crippen molar-refractivity contribution in [2.24, 2.45) is 0 Å². The first-order valence-electron chi connectivity index (χ1n) is 9.65. The van der Waals surface area contributed by atoms with Gasteiger partial charge in [-0.05, 0) is 24.6 Å². The molecule has 0 bridgehead atoms. The second-order valence-electron chi connectivity index (χ2n) is 7.52. The Balaban J connectivity index is 1.82. The molecule has 1 aliphatic heterocycles. The Morgan fingerprint density at radius 1 is 1.00 bits per heavy atom. The molecule has 11 nitrogen and oxygen atoms in total. The van der Waals surface area contributed by atoms with E-state index in [0.29, 0.717) is 10.9 Å². The third-order valence-corrected chi connectivity index (χ3v) is 5.51. The monoisotopic (exact) mass is 450 g/mol. The molecule has 1 saturated heterocycles. The molecular weight excluding hydrogens is 428 g/mol. The predicted molar refractivity (Wildman–Crippen MR) is 109 cm³/mol. The van der Waals surface area contributed by atoms with Gasteiger partial charge in [-0.1, -0.05) is 0 Å². The molecule has 0 aliphatic carbocycles. The summed E-state index contributed by atoms with van der Waals surface area (Å²) in [5.74, 6) is -1.19. The number of fused-ring (bicyclic) bond motifs is 3. The number of phenols is 2. The summed E-state index contributed by atoms with van der Waals surface area (Å²) in [5.41, 5.74) is -0.287. The molecule has 4 rings (SSSR count). The van der Waals surface area contributed by atoms with Crippen molar-refractivity contribution < 1.29 is 49.3 Å². The number of aliphatic hydroxyl groups is 4. The van der Waals surface area contributed by atoms with E-state index in [-0.39, 0.29) is 27.9 Å². The van der Waals surface area contributed by atoms with Gasteiger partial charge in [-0.3, -0.25) is 0 Å². The van der Waals surface area contributed by atoms with Crippen LogP contribution in [0.4, 0.5) is 0 Å². The number of methoxy groups -OCH3 is 1. The van der Waals surface area contributed by atoms with E-state index < -0.39 is 54.4 Å². The lowest BCUT2D eigenvalue weighted by atomic mass is 9.99. The molecular formula is C21H22O11. The first-order chi connectivity index (χ1) is 15.2. The third-order valence-electron chi connectivity index (χ3n) is 5.51. The number of aryl methyl sites for hydroxylation is 1. The van der Waals surface area contributed by atoms with Crippen LogP contribution in [-0.2, 0) is 4.74 Å². The van der Waals surface area contributed by atoms with Gasteiger partial charge in [0.1, 0.15) is 41.1 Å². The van der Waals surface area contributed by atoms with Gasteiger partial charge >= 0.3 is 5.63 Å². The van der Waals surface area contributed by atoms with Crippen LogP contribution in [0.3, 0.4) is 0 Å². The van der Waals surface area contributed by atoms with Crippen molar-refractivity contribution in [3.8, 4) is 23.0 Å². The zero-order valence-electron chi connectivity index (χ0n) is 17.1. The highest BCUT2D eigenvalue weighted by Crippen LogP contribution is 2.43. The van der Waals surface area contributed by atoms with Gasteiger partial charge in [-0.2, -0.15) is 0 Å². The van der Waals surface area contributed by atoms with Gasteiger partial charge in [-0.25, -0.2) is 4.79 Å². The number of ether oxygens (including phenoxy) is 3. The molecule has 5 atom stereocenters. The van der Waals surface area contributed by atoms with Crippen LogP contribution in [0.2, 0.25) is 0 Å². The molecule has 0 spiro atoms. The summed E-state index contributed by atoms with van der Waals surface area (Å²) in [6.07, 6.45) is -7.33. The number of phenolic OH excluding ortho intramolecular Hbond substituents is 2. The van der Waals surface area contributed by atoms with Crippen LogP contribution in [-0.4, -0.2) is 75.1 Å². The molecule has 172 valence electrons. The highest BCUT2D eigenvalue weighted by Gasteiger charge is 2.44. The van der Waals surface area contributed by atoms with Gasteiger partial charge in [0, 0.05) is 16.8 Å². The quantitative estimate of drug-likeness (QED) is 0.177. The molecule has 0 saturated carbocycles. The minimum Gasteiger partial charge on any atom is -0.504 e. The fourth-order valence-corrected chi connectivity index (χ4v) is 3.86. The van der Waals surface area contributed by atoms with Crippen LogP contribution in [0.1, 0.15) is 5.56 Å². The summed E-state index contributed by atoms with van der Waals surface area (Å²) in [6.45, 7) is 1.07. The summed E-state index contributed by atoms with van der Waals surface area (Å²) >= 11 is 0. The van der Waals surface area contributed by atoms with Crippen molar-refractivity contribution >= 4 is 21.7 Å². The summed E-state index contributed by atoms with van der Waals surface area (Å²) in [6, 6.07) is 4.29. The maximum absolute atomic E-state index is 12.5. The molecule has 0 radical (unpaired) electrons. The maximum atomic E-state index is 12.5. The third kappa shape index (κ3) is 3.40. The largest absolute Gasteiger partial charge is 0.504 e. The number of benzene rings is 2. The van der Waals surface area contributed by atoms with Crippen molar-refractivity contribution in [2.45, 2.75) is 37.6 Å². The second kappa shape index (κ2) is 8.11. The Morgan fingerprint density at radius 3 is 2.38 bits per heavy atom. The van der Waals surface area contributed by atoms with Gasteiger partial charge < -0.3 is 49.3 Å². The van der Waals surface area contributed by atoms with E-state index in [1.807, 2.05) is 0 Å². The average molecular weight is 450 g/mol. The maximum Gasteiger partial charge on any atom is 0.348 e. The topological polar surface area (TPSA) is 179 Å². The molecule has 0 amide bonds. The summed E-state index contributed by atoms with van der Waals surface area (Å²) in [5, 5.41) is 60.1. The number of hydrogen-bond donors (Lipinski definition) is 6. The van der Waals surface area contributed by atoms with Gasteiger partial charge in [-0.15, -0.1) is 0 Å². The molecule has 1 aliphatic rings. The van der Waals surface area contributed by atoms with E-state index in [0.717, 1.165) is 0 Å². The molecule has 6 N–H and O–H groups in total. The number of rotatable bonds is 4. The molecule has 1 aromatic heterocycles. The van der Waals surface area contributed by atoms with Gasteiger partial charge in [0.25, 0.3) is 0 Å². The highest BCUT2D eigenvalue weighted by molar-refractivity contribution is 6.09. The average Bonchev–Trinajstić information content (AvgIpc) is 2.75. The van der Waals surface area contributed by atoms with Crippen LogP contribution < -0.4 is 15.1 Å².